The van der Waals surface area contributed by atoms with Gasteiger partial charge in [-0.25, -0.2) is 4.39 Å². The van der Waals surface area contributed by atoms with Crippen LogP contribution in [0.5, 0.6) is 0 Å². The van der Waals surface area contributed by atoms with Crippen LogP contribution in [0.3, 0.4) is 0 Å². The number of carbonyl (C=O) groups is 1. The van der Waals surface area contributed by atoms with Crippen LogP contribution >= 0.6 is 0 Å². The van der Waals surface area contributed by atoms with Crippen molar-refractivity contribution in [2.24, 2.45) is 0 Å². The Balaban J connectivity index is 2.77. The van der Waals surface area contributed by atoms with Crippen molar-refractivity contribution < 1.29 is 9.18 Å². The quantitative estimate of drug-likeness (QED) is 0.848. The van der Waals surface area contributed by atoms with Gasteiger partial charge < -0.3 is 5.32 Å². The lowest BCUT2D eigenvalue weighted by atomic mass is 10.1. The van der Waals surface area contributed by atoms with Gasteiger partial charge in [-0.05, 0) is 37.6 Å². The third kappa shape index (κ3) is 3.35. The van der Waals surface area contributed by atoms with Crippen LogP contribution in [0.4, 0.5) is 4.39 Å². The first-order valence-corrected chi connectivity index (χ1v) is 4.98. The van der Waals surface area contributed by atoms with Crippen LogP contribution in [0.25, 0.3) is 0 Å². The van der Waals surface area contributed by atoms with Crippen LogP contribution in [0, 0.1) is 24.1 Å². The largest absolute Gasteiger partial charge is 0.349 e. The minimum Gasteiger partial charge on any atom is -0.349 e. The van der Waals surface area contributed by atoms with Gasteiger partial charge in [0.15, 0.2) is 0 Å². The zero-order valence-corrected chi connectivity index (χ0v) is 9.25. The number of nitrogens with zero attached hydrogens (tertiary/aromatic N) is 1. The Morgan fingerprint density at radius 1 is 1.56 bits per heavy atom. The number of benzene rings is 1. The predicted molar refractivity (Wildman–Crippen MR) is 58.3 cm³/mol. The van der Waals surface area contributed by atoms with E-state index in [9.17, 15) is 9.18 Å². The van der Waals surface area contributed by atoms with Crippen LogP contribution in [-0.4, -0.2) is 11.9 Å². The van der Waals surface area contributed by atoms with Gasteiger partial charge in [-0.3, -0.25) is 4.79 Å². The number of nitrogens with one attached hydrogen (secondary N) is 1. The zero-order valence-electron chi connectivity index (χ0n) is 9.25. The van der Waals surface area contributed by atoms with Gasteiger partial charge in [0, 0.05) is 11.6 Å². The molecule has 0 aromatic heterocycles. The molecule has 1 N–H and O–H groups in total. The summed E-state index contributed by atoms with van der Waals surface area (Å²) >= 11 is 0. The molecular weight excluding hydrogens is 207 g/mol. The SMILES string of the molecule is Cc1cc(F)cc(C(=O)NC(C)CC#N)c1. The molecule has 0 heterocycles. The fraction of sp³-hybridized carbons (Fsp3) is 0.333. The van der Waals surface area contributed by atoms with Crippen molar-refractivity contribution in [1.29, 1.82) is 5.26 Å². The number of hydrogen-bond acceptors (Lipinski definition) is 2. The Kier molecular flexibility index (Phi) is 4.01. The van der Waals surface area contributed by atoms with E-state index in [1.807, 2.05) is 6.07 Å². The van der Waals surface area contributed by atoms with Crippen molar-refractivity contribution >= 4 is 5.91 Å². The summed E-state index contributed by atoms with van der Waals surface area (Å²) < 4.78 is 13.0. The zero-order chi connectivity index (χ0) is 12.1. The van der Waals surface area contributed by atoms with E-state index in [1.54, 1.807) is 19.9 Å². The second kappa shape index (κ2) is 5.26. The fourth-order valence-electron chi connectivity index (χ4n) is 1.36. The lowest BCUT2D eigenvalue weighted by Crippen LogP contribution is -2.32. The van der Waals surface area contributed by atoms with Crippen LogP contribution in [0.2, 0.25) is 0 Å². The average Bonchev–Trinajstić information content (AvgIpc) is 2.16. The number of aryl methyl sites for hydroxylation is 1. The second-order valence-corrected chi connectivity index (χ2v) is 3.75. The molecule has 1 amide bonds. The Morgan fingerprint density at radius 3 is 2.81 bits per heavy atom. The fourth-order valence-corrected chi connectivity index (χ4v) is 1.36. The molecule has 0 saturated heterocycles. The Hall–Kier alpha value is -1.89. The molecule has 84 valence electrons. The van der Waals surface area contributed by atoms with Crippen molar-refractivity contribution in [2.45, 2.75) is 26.3 Å². The van der Waals surface area contributed by atoms with Crippen LogP contribution in [0.15, 0.2) is 18.2 Å². The smallest absolute Gasteiger partial charge is 0.251 e. The van der Waals surface area contributed by atoms with E-state index >= 15 is 0 Å². The van der Waals surface area contributed by atoms with Crippen molar-refractivity contribution in [3.05, 3.63) is 35.1 Å². The van der Waals surface area contributed by atoms with Gasteiger partial charge in [0.1, 0.15) is 5.82 Å². The van der Waals surface area contributed by atoms with Crippen molar-refractivity contribution in [3.8, 4) is 6.07 Å². The third-order valence-corrected chi connectivity index (χ3v) is 2.08. The van der Waals surface area contributed by atoms with Crippen molar-refractivity contribution in [2.75, 3.05) is 0 Å². The summed E-state index contributed by atoms with van der Waals surface area (Å²) in [6.45, 7) is 3.45. The lowest BCUT2D eigenvalue weighted by Gasteiger charge is -2.10. The van der Waals surface area contributed by atoms with E-state index in [4.69, 9.17) is 5.26 Å². The first-order valence-electron chi connectivity index (χ1n) is 4.98. The van der Waals surface area contributed by atoms with Crippen LogP contribution in [0.1, 0.15) is 29.3 Å². The molecule has 1 atom stereocenters. The normalized spacial score (nSPS) is 11.6. The monoisotopic (exact) mass is 220 g/mol. The maximum absolute atomic E-state index is 13.0. The molecule has 0 saturated carbocycles. The van der Waals surface area contributed by atoms with Crippen LogP contribution in [-0.2, 0) is 0 Å². The molecule has 0 spiro atoms. The van der Waals surface area contributed by atoms with Gasteiger partial charge in [0.05, 0.1) is 12.5 Å². The summed E-state index contributed by atoms with van der Waals surface area (Å²) in [6.07, 6.45) is 0.236. The van der Waals surface area contributed by atoms with Crippen molar-refractivity contribution in [1.82, 2.24) is 5.32 Å². The minimum atomic E-state index is -0.432. The van der Waals surface area contributed by atoms with E-state index in [-0.39, 0.29) is 23.9 Å². The van der Waals surface area contributed by atoms with Gasteiger partial charge in [0.25, 0.3) is 5.91 Å². The Bertz CT molecular complexity index is 417. The molecule has 1 aromatic rings. The van der Waals surface area contributed by atoms with E-state index in [1.165, 1.54) is 12.1 Å². The molecule has 1 aromatic carbocycles. The first kappa shape index (κ1) is 12.2. The number of rotatable bonds is 3. The maximum atomic E-state index is 13.0. The summed E-state index contributed by atoms with van der Waals surface area (Å²) in [4.78, 5) is 11.6. The van der Waals surface area contributed by atoms with E-state index < -0.39 is 5.82 Å². The number of halogens is 1. The molecule has 1 rings (SSSR count). The van der Waals surface area contributed by atoms with Gasteiger partial charge in [-0.15, -0.1) is 0 Å². The Morgan fingerprint density at radius 2 is 2.25 bits per heavy atom. The van der Waals surface area contributed by atoms with Gasteiger partial charge in [-0.2, -0.15) is 5.26 Å². The summed E-state index contributed by atoms with van der Waals surface area (Å²) in [5.41, 5.74) is 0.973. The molecule has 0 fully saturated rings. The molecule has 0 aliphatic carbocycles. The standard InChI is InChI=1S/C12H13FN2O/c1-8-5-10(7-11(13)6-8)12(16)15-9(2)3-4-14/h5-7,9H,3H2,1-2H3,(H,15,16). The van der Waals surface area contributed by atoms with E-state index in [0.717, 1.165) is 0 Å². The molecule has 0 bridgehead atoms. The maximum Gasteiger partial charge on any atom is 0.251 e. The number of nitriles is 1. The summed E-state index contributed by atoms with van der Waals surface area (Å²) in [6, 6.07) is 5.87. The molecule has 4 heteroatoms. The number of amides is 1. The molecular formula is C12H13FN2O. The highest BCUT2D eigenvalue weighted by molar-refractivity contribution is 5.94. The third-order valence-electron chi connectivity index (χ3n) is 2.08. The molecule has 0 radical (unpaired) electrons. The van der Waals surface area contributed by atoms with Crippen molar-refractivity contribution in [3.63, 3.8) is 0 Å². The topological polar surface area (TPSA) is 52.9 Å². The van der Waals surface area contributed by atoms with Gasteiger partial charge in [0.2, 0.25) is 0 Å². The lowest BCUT2D eigenvalue weighted by molar-refractivity contribution is 0.0940. The minimum absolute atomic E-state index is 0.235. The van der Waals surface area contributed by atoms with Gasteiger partial charge >= 0.3 is 0 Å². The molecule has 0 aliphatic rings. The van der Waals surface area contributed by atoms with E-state index in [2.05, 4.69) is 5.32 Å². The summed E-state index contributed by atoms with van der Waals surface area (Å²) in [7, 11) is 0. The predicted octanol–water partition coefficient (Wildman–Crippen LogP) is 2.17. The molecule has 3 nitrogen and oxygen atoms in total. The Labute approximate surface area is 93.9 Å². The van der Waals surface area contributed by atoms with E-state index in [0.29, 0.717) is 5.56 Å². The van der Waals surface area contributed by atoms with Gasteiger partial charge in [-0.1, -0.05) is 0 Å². The average molecular weight is 220 g/mol. The number of hydrogen-bond donors (Lipinski definition) is 1. The summed E-state index contributed by atoms with van der Waals surface area (Å²) in [5.74, 6) is -0.788. The molecule has 16 heavy (non-hydrogen) atoms. The highest BCUT2D eigenvalue weighted by Gasteiger charge is 2.10. The highest BCUT2D eigenvalue weighted by atomic mass is 19.1. The summed E-state index contributed by atoms with van der Waals surface area (Å²) in [5, 5.41) is 11.1. The van der Waals surface area contributed by atoms with Crippen LogP contribution < -0.4 is 5.32 Å². The second-order valence-electron chi connectivity index (χ2n) is 3.75. The number of carbonyl (C=O) groups excluding carboxylic acids is 1. The molecule has 0 aliphatic heterocycles. The molecule has 1 unspecified atom stereocenters. The first-order chi connectivity index (χ1) is 7.52. The highest BCUT2D eigenvalue weighted by Crippen LogP contribution is 2.08.